The quantitative estimate of drug-likeness (QED) is 0.386. The highest BCUT2D eigenvalue weighted by atomic mass is 32.1. The molecule has 2 aliphatic carbocycles. The maximum Gasteiger partial charge on any atom is 0.314 e. The van der Waals surface area contributed by atoms with Crippen LogP contribution in [0.4, 0.5) is 5.95 Å². The van der Waals surface area contributed by atoms with Crippen molar-refractivity contribution in [2.24, 2.45) is 5.41 Å². The predicted molar refractivity (Wildman–Crippen MR) is 155 cm³/mol. The number of anilines is 1. The zero-order valence-electron chi connectivity index (χ0n) is 23.5. The molecule has 3 N–H and O–H groups in total. The summed E-state index contributed by atoms with van der Waals surface area (Å²) < 4.78 is 5.13. The lowest BCUT2D eigenvalue weighted by molar-refractivity contribution is -0.147. The lowest BCUT2D eigenvalue weighted by Crippen LogP contribution is -2.60. The zero-order chi connectivity index (χ0) is 27.8. The molecule has 9 heteroatoms. The van der Waals surface area contributed by atoms with Crippen molar-refractivity contribution in [2.75, 3.05) is 12.4 Å². The predicted octanol–water partition coefficient (Wildman–Crippen LogP) is 5.25. The number of aromatic nitrogens is 2. The molecule has 1 saturated carbocycles. The Morgan fingerprint density at radius 3 is 2.59 bits per heavy atom. The molecular formula is C30H39N5O3S. The Bertz CT molecular complexity index is 1300. The number of carbonyl (C=O) groups excluding carboxylic acids is 2. The Labute approximate surface area is 234 Å². The van der Waals surface area contributed by atoms with Crippen LogP contribution in [0.5, 0.6) is 0 Å². The van der Waals surface area contributed by atoms with Crippen molar-refractivity contribution in [1.82, 2.24) is 20.6 Å². The molecule has 0 aromatic carbocycles. The molecule has 1 aliphatic heterocycles. The lowest BCUT2D eigenvalue weighted by atomic mass is 9.80. The zero-order valence-corrected chi connectivity index (χ0v) is 24.3. The number of methoxy groups -OCH3 is 1. The summed E-state index contributed by atoms with van der Waals surface area (Å²) >= 11 is 1.39. The smallest absolute Gasteiger partial charge is 0.314 e. The lowest BCUT2D eigenvalue weighted by Gasteiger charge is -2.46. The number of allylic oxidation sites excluding steroid dienone is 4. The molecule has 2 aromatic heterocycles. The fraction of sp³-hybridized carbons (Fsp3) is 0.533. The average molecular weight is 550 g/mol. The third-order valence-electron chi connectivity index (χ3n) is 7.88. The standard InChI is InChI=1S/C30H39N5O3S/c1-28(2)16-20(17-29(3,4)35-28)32-27-31-14-13-21(33-27)22-11-12-23(39-22)25(36)34-24-18-30(24,26(37)38-5)15-19-9-7-6-8-10-19/h6-7,9,11-14,20,24,35H,8,10,15-18H2,1-5H3,(H,34,36)(H,31,32,33)/t24-,30-/m1/s1. The molecule has 0 bridgehead atoms. The van der Waals surface area contributed by atoms with E-state index in [2.05, 4.69) is 60.8 Å². The summed E-state index contributed by atoms with van der Waals surface area (Å²) in [4.78, 5) is 36.6. The van der Waals surface area contributed by atoms with E-state index in [4.69, 9.17) is 9.72 Å². The van der Waals surface area contributed by atoms with E-state index in [1.165, 1.54) is 24.0 Å². The number of carbonyl (C=O) groups is 2. The van der Waals surface area contributed by atoms with Crippen LogP contribution in [0.15, 0.2) is 48.2 Å². The summed E-state index contributed by atoms with van der Waals surface area (Å²) in [7, 11) is 1.42. The first-order valence-corrected chi connectivity index (χ1v) is 14.5. The molecule has 3 heterocycles. The van der Waals surface area contributed by atoms with E-state index in [1.54, 1.807) is 6.20 Å². The van der Waals surface area contributed by atoms with E-state index in [1.807, 2.05) is 24.3 Å². The van der Waals surface area contributed by atoms with Gasteiger partial charge in [0.2, 0.25) is 5.95 Å². The van der Waals surface area contributed by atoms with Crippen molar-refractivity contribution in [3.05, 3.63) is 53.1 Å². The van der Waals surface area contributed by atoms with Gasteiger partial charge < -0.3 is 20.7 Å². The number of nitrogens with zero attached hydrogens (tertiary/aromatic N) is 2. The van der Waals surface area contributed by atoms with Crippen molar-refractivity contribution in [3.63, 3.8) is 0 Å². The Morgan fingerprint density at radius 1 is 1.13 bits per heavy atom. The molecule has 1 saturated heterocycles. The van der Waals surface area contributed by atoms with Crippen molar-refractivity contribution in [3.8, 4) is 10.6 Å². The Balaban J connectivity index is 1.24. The van der Waals surface area contributed by atoms with Gasteiger partial charge >= 0.3 is 5.97 Å². The number of hydrogen-bond acceptors (Lipinski definition) is 8. The Kier molecular flexibility index (Phi) is 7.41. The van der Waals surface area contributed by atoms with Gasteiger partial charge in [0, 0.05) is 29.4 Å². The van der Waals surface area contributed by atoms with Crippen molar-refractivity contribution < 1.29 is 14.3 Å². The van der Waals surface area contributed by atoms with Gasteiger partial charge in [-0.15, -0.1) is 11.3 Å². The van der Waals surface area contributed by atoms with Gasteiger partial charge in [-0.1, -0.05) is 23.8 Å². The molecule has 0 unspecified atom stereocenters. The molecule has 8 nitrogen and oxygen atoms in total. The molecule has 2 aromatic rings. The second kappa shape index (κ2) is 10.5. The van der Waals surface area contributed by atoms with Crippen LogP contribution >= 0.6 is 11.3 Å². The van der Waals surface area contributed by atoms with Gasteiger partial charge in [0.1, 0.15) is 0 Å². The summed E-state index contributed by atoms with van der Waals surface area (Å²) in [5.74, 6) is 0.167. The first kappa shape index (κ1) is 27.5. The summed E-state index contributed by atoms with van der Waals surface area (Å²) in [6, 6.07) is 5.62. The Morgan fingerprint density at radius 2 is 1.90 bits per heavy atom. The molecule has 208 valence electrons. The van der Waals surface area contributed by atoms with Gasteiger partial charge in [-0.2, -0.15) is 0 Å². The molecule has 0 radical (unpaired) electrons. The van der Waals surface area contributed by atoms with Gasteiger partial charge in [0.25, 0.3) is 5.91 Å². The first-order valence-electron chi connectivity index (χ1n) is 13.7. The van der Waals surface area contributed by atoms with Crippen molar-refractivity contribution in [2.45, 2.75) is 89.4 Å². The number of esters is 1. The summed E-state index contributed by atoms with van der Waals surface area (Å²) in [5, 5.41) is 10.3. The fourth-order valence-electron chi connectivity index (χ4n) is 6.40. The SMILES string of the molecule is COC(=O)[C@]1(CC2=CC=CCC2)C[C@H]1NC(=O)c1ccc(-c2ccnc(NC3CC(C)(C)NC(C)(C)C3)n2)s1. The number of rotatable bonds is 8. The number of ether oxygens (including phenoxy) is 1. The fourth-order valence-corrected chi connectivity index (χ4v) is 7.27. The highest BCUT2D eigenvalue weighted by Gasteiger charge is 2.61. The maximum atomic E-state index is 13.2. The first-order chi connectivity index (χ1) is 18.5. The number of hydrogen-bond donors (Lipinski definition) is 3. The topological polar surface area (TPSA) is 105 Å². The van der Waals surface area contributed by atoms with Gasteiger partial charge in [-0.25, -0.2) is 9.97 Å². The molecule has 1 amide bonds. The van der Waals surface area contributed by atoms with E-state index in [9.17, 15) is 9.59 Å². The van der Waals surface area contributed by atoms with Gasteiger partial charge in [0.15, 0.2) is 0 Å². The third-order valence-corrected chi connectivity index (χ3v) is 8.98. The number of nitrogens with one attached hydrogen (secondary N) is 3. The van der Waals surface area contributed by atoms with Crippen LogP contribution in [0.1, 0.15) is 75.9 Å². The summed E-state index contributed by atoms with van der Waals surface area (Å²) in [5.41, 5.74) is 1.36. The van der Waals surface area contributed by atoms with E-state index >= 15 is 0 Å². The summed E-state index contributed by atoms with van der Waals surface area (Å²) in [6.07, 6.45) is 13.1. The third kappa shape index (κ3) is 6.25. The van der Waals surface area contributed by atoms with E-state index < -0.39 is 5.41 Å². The minimum atomic E-state index is -0.674. The average Bonchev–Trinajstić information content (AvgIpc) is 3.31. The molecule has 2 fully saturated rings. The van der Waals surface area contributed by atoms with Crippen LogP contribution in [0.25, 0.3) is 10.6 Å². The van der Waals surface area contributed by atoms with Gasteiger partial charge in [-0.3, -0.25) is 9.59 Å². The van der Waals surface area contributed by atoms with Crippen molar-refractivity contribution >= 4 is 29.2 Å². The summed E-state index contributed by atoms with van der Waals surface area (Å²) in [6.45, 7) is 8.89. The van der Waals surface area contributed by atoms with Gasteiger partial charge in [0.05, 0.1) is 28.0 Å². The van der Waals surface area contributed by atoms with Crippen LogP contribution in [0.2, 0.25) is 0 Å². The van der Waals surface area contributed by atoms with Crippen LogP contribution < -0.4 is 16.0 Å². The van der Waals surface area contributed by atoms with Crippen LogP contribution in [-0.2, 0) is 9.53 Å². The molecule has 39 heavy (non-hydrogen) atoms. The molecule has 0 spiro atoms. The highest BCUT2D eigenvalue weighted by Crippen LogP contribution is 2.52. The largest absolute Gasteiger partial charge is 0.469 e. The minimum Gasteiger partial charge on any atom is -0.469 e. The minimum absolute atomic E-state index is 0.0183. The van der Waals surface area contributed by atoms with Gasteiger partial charge in [-0.05, 0) is 84.4 Å². The number of thiophene rings is 1. The normalized spacial score (nSPS) is 25.5. The molecule has 3 aliphatic rings. The van der Waals surface area contributed by atoms with E-state index in [0.29, 0.717) is 23.7 Å². The highest BCUT2D eigenvalue weighted by molar-refractivity contribution is 7.17. The second-order valence-electron chi connectivity index (χ2n) is 12.4. The number of piperidine rings is 1. The van der Waals surface area contributed by atoms with E-state index in [0.717, 1.165) is 36.3 Å². The number of amides is 1. The van der Waals surface area contributed by atoms with Crippen LogP contribution in [-0.4, -0.2) is 52.1 Å². The van der Waals surface area contributed by atoms with E-state index in [-0.39, 0.29) is 35.0 Å². The molecular weight excluding hydrogens is 510 g/mol. The van der Waals surface area contributed by atoms with Crippen LogP contribution in [0, 0.1) is 5.41 Å². The molecule has 2 atom stereocenters. The van der Waals surface area contributed by atoms with Crippen LogP contribution in [0.3, 0.4) is 0 Å². The van der Waals surface area contributed by atoms with Crippen molar-refractivity contribution in [1.29, 1.82) is 0 Å². The Hall–Kier alpha value is -3.04. The second-order valence-corrected chi connectivity index (χ2v) is 13.5. The maximum absolute atomic E-state index is 13.2. The molecule has 5 rings (SSSR count). The monoisotopic (exact) mass is 549 g/mol.